The van der Waals surface area contributed by atoms with E-state index in [2.05, 4.69) is 0 Å². The Bertz CT molecular complexity index is 757. The normalized spacial score (nSPS) is 21.0. The highest BCUT2D eigenvalue weighted by atomic mass is 19.1. The smallest absolute Gasteiger partial charge is 0.271 e. The lowest BCUT2D eigenvalue weighted by Crippen LogP contribution is -2.33. The molecule has 1 aliphatic rings. The summed E-state index contributed by atoms with van der Waals surface area (Å²) in [5, 5.41) is 9.94. The number of halogens is 2. The van der Waals surface area contributed by atoms with Crippen LogP contribution in [0.5, 0.6) is 0 Å². The van der Waals surface area contributed by atoms with Crippen LogP contribution in [-0.2, 0) is 7.05 Å². The van der Waals surface area contributed by atoms with Crippen molar-refractivity contribution in [2.75, 3.05) is 6.54 Å². The molecule has 1 amide bonds. The van der Waals surface area contributed by atoms with Crippen molar-refractivity contribution in [1.29, 1.82) is 0 Å². The standard InChI is InChI=1S/C17H18F2N2O2/c1-10-3-6-15(20(10)2)17(23)21-9-12(22)8-16(21)13-7-11(18)4-5-14(13)19/h3-7,12,16,22H,8-9H2,1-2H3/t12-,16+/m0/s1. The number of aryl methyl sites for hydroxylation is 1. The number of aliphatic hydroxyl groups excluding tert-OH is 1. The maximum Gasteiger partial charge on any atom is 0.271 e. The number of aliphatic hydroxyl groups is 1. The van der Waals surface area contributed by atoms with Crippen molar-refractivity contribution in [2.24, 2.45) is 7.05 Å². The van der Waals surface area contributed by atoms with Gasteiger partial charge in [-0.25, -0.2) is 8.78 Å². The van der Waals surface area contributed by atoms with Gasteiger partial charge in [-0.05, 0) is 43.7 Å². The first kappa shape index (κ1) is 15.7. The topological polar surface area (TPSA) is 45.5 Å². The van der Waals surface area contributed by atoms with Gasteiger partial charge in [0.2, 0.25) is 0 Å². The molecule has 3 rings (SSSR count). The van der Waals surface area contributed by atoms with Gasteiger partial charge in [0.25, 0.3) is 5.91 Å². The minimum Gasteiger partial charge on any atom is -0.391 e. The van der Waals surface area contributed by atoms with Gasteiger partial charge < -0.3 is 14.6 Å². The fourth-order valence-corrected chi connectivity index (χ4v) is 3.08. The van der Waals surface area contributed by atoms with E-state index in [4.69, 9.17) is 0 Å². The fraction of sp³-hybridized carbons (Fsp3) is 0.353. The van der Waals surface area contributed by atoms with E-state index < -0.39 is 23.8 Å². The minimum absolute atomic E-state index is 0.0980. The van der Waals surface area contributed by atoms with Crippen LogP contribution in [0.15, 0.2) is 30.3 Å². The SMILES string of the molecule is Cc1ccc(C(=O)N2C[C@@H](O)C[C@@H]2c2cc(F)ccc2F)n1C. The first-order valence-corrected chi connectivity index (χ1v) is 7.44. The molecule has 2 atom stereocenters. The van der Waals surface area contributed by atoms with Crippen molar-refractivity contribution in [3.63, 3.8) is 0 Å². The van der Waals surface area contributed by atoms with E-state index in [1.54, 1.807) is 17.7 Å². The highest BCUT2D eigenvalue weighted by Gasteiger charge is 2.38. The number of amides is 1. The number of aromatic nitrogens is 1. The molecule has 0 bridgehead atoms. The second-order valence-electron chi connectivity index (χ2n) is 5.95. The van der Waals surface area contributed by atoms with Crippen LogP contribution in [0.2, 0.25) is 0 Å². The Morgan fingerprint density at radius 1 is 1.26 bits per heavy atom. The number of hydrogen-bond donors (Lipinski definition) is 1. The van der Waals surface area contributed by atoms with Gasteiger partial charge in [-0.1, -0.05) is 0 Å². The summed E-state index contributed by atoms with van der Waals surface area (Å²) < 4.78 is 29.3. The summed E-state index contributed by atoms with van der Waals surface area (Å²) in [4.78, 5) is 14.2. The highest BCUT2D eigenvalue weighted by molar-refractivity contribution is 5.93. The maximum atomic E-state index is 14.1. The molecule has 6 heteroatoms. The third-order valence-electron chi connectivity index (χ3n) is 4.45. The molecule has 4 nitrogen and oxygen atoms in total. The molecular weight excluding hydrogens is 302 g/mol. The van der Waals surface area contributed by atoms with E-state index in [-0.39, 0.29) is 24.4 Å². The Morgan fingerprint density at radius 3 is 2.65 bits per heavy atom. The molecule has 1 aromatic carbocycles. The molecule has 0 spiro atoms. The van der Waals surface area contributed by atoms with Gasteiger partial charge in [0, 0.05) is 24.8 Å². The largest absolute Gasteiger partial charge is 0.391 e. The molecule has 122 valence electrons. The number of benzene rings is 1. The van der Waals surface area contributed by atoms with Gasteiger partial charge >= 0.3 is 0 Å². The first-order valence-electron chi connectivity index (χ1n) is 7.44. The summed E-state index contributed by atoms with van der Waals surface area (Å²) >= 11 is 0. The number of carbonyl (C=O) groups excluding carboxylic acids is 1. The molecule has 1 N–H and O–H groups in total. The Labute approximate surface area is 133 Å². The van der Waals surface area contributed by atoms with Crippen LogP contribution >= 0.6 is 0 Å². The Morgan fingerprint density at radius 2 is 2.00 bits per heavy atom. The van der Waals surface area contributed by atoms with E-state index >= 15 is 0 Å². The van der Waals surface area contributed by atoms with E-state index in [9.17, 15) is 18.7 Å². The summed E-state index contributed by atoms with van der Waals surface area (Å²) in [7, 11) is 1.77. The lowest BCUT2D eigenvalue weighted by Gasteiger charge is -2.25. The molecule has 1 saturated heterocycles. The highest BCUT2D eigenvalue weighted by Crippen LogP contribution is 2.35. The zero-order chi connectivity index (χ0) is 16.7. The zero-order valence-corrected chi connectivity index (χ0v) is 13.0. The zero-order valence-electron chi connectivity index (χ0n) is 13.0. The average molecular weight is 320 g/mol. The second kappa shape index (κ2) is 5.77. The van der Waals surface area contributed by atoms with Crippen molar-refractivity contribution in [3.05, 3.63) is 58.9 Å². The molecular formula is C17H18F2N2O2. The van der Waals surface area contributed by atoms with Crippen molar-refractivity contribution >= 4 is 5.91 Å². The molecule has 1 fully saturated rings. The van der Waals surface area contributed by atoms with Gasteiger partial charge in [-0.3, -0.25) is 4.79 Å². The monoisotopic (exact) mass is 320 g/mol. The molecule has 1 aliphatic heterocycles. The van der Waals surface area contributed by atoms with Crippen LogP contribution < -0.4 is 0 Å². The van der Waals surface area contributed by atoms with Crippen molar-refractivity contribution < 1.29 is 18.7 Å². The van der Waals surface area contributed by atoms with Crippen molar-refractivity contribution in [3.8, 4) is 0 Å². The van der Waals surface area contributed by atoms with Crippen LogP contribution in [0.25, 0.3) is 0 Å². The lowest BCUT2D eigenvalue weighted by atomic mass is 10.0. The summed E-state index contributed by atoms with van der Waals surface area (Å²) in [6, 6.07) is 6.01. The Balaban J connectivity index is 1.98. The van der Waals surface area contributed by atoms with E-state index in [0.29, 0.717) is 5.69 Å². The fourth-order valence-electron chi connectivity index (χ4n) is 3.08. The third-order valence-corrected chi connectivity index (χ3v) is 4.45. The van der Waals surface area contributed by atoms with Gasteiger partial charge in [-0.2, -0.15) is 0 Å². The number of rotatable bonds is 2. The predicted octanol–water partition coefficient (Wildman–Crippen LogP) is 2.56. The maximum absolute atomic E-state index is 14.1. The number of carbonyl (C=O) groups is 1. The van der Waals surface area contributed by atoms with E-state index in [0.717, 1.165) is 23.9 Å². The van der Waals surface area contributed by atoms with Gasteiger partial charge in [0.1, 0.15) is 17.3 Å². The average Bonchev–Trinajstić information content (AvgIpc) is 3.05. The molecule has 23 heavy (non-hydrogen) atoms. The van der Waals surface area contributed by atoms with Crippen LogP contribution in [0.1, 0.15) is 34.2 Å². The number of nitrogens with zero attached hydrogens (tertiary/aromatic N) is 2. The first-order chi connectivity index (χ1) is 10.9. The number of β-amino-alcohol motifs (C(OH)–C–C–N with tert-alkyl or cyclic N) is 1. The van der Waals surface area contributed by atoms with Gasteiger partial charge in [0.05, 0.1) is 12.1 Å². The second-order valence-corrected chi connectivity index (χ2v) is 5.95. The summed E-state index contributed by atoms with van der Waals surface area (Å²) in [6.07, 6.45) is -0.566. The van der Waals surface area contributed by atoms with Crippen molar-refractivity contribution in [1.82, 2.24) is 9.47 Å². The van der Waals surface area contributed by atoms with Crippen LogP contribution in [0.3, 0.4) is 0 Å². The molecule has 1 aromatic heterocycles. The molecule has 0 unspecified atom stereocenters. The van der Waals surface area contributed by atoms with Gasteiger partial charge in [-0.15, -0.1) is 0 Å². The van der Waals surface area contributed by atoms with Crippen LogP contribution in [0.4, 0.5) is 8.78 Å². The quantitative estimate of drug-likeness (QED) is 0.924. The Hall–Kier alpha value is -2.21. The summed E-state index contributed by atoms with van der Waals surface area (Å²) in [5.41, 5.74) is 1.47. The van der Waals surface area contributed by atoms with Gasteiger partial charge in [0.15, 0.2) is 0 Å². The predicted molar refractivity (Wildman–Crippen MR) is 80.9 cm³/mol. The molecule has 0 aliphatic carbocycles. The molecule has 2 heterocycles. The van der Waals surface area contributed by atoms with Crippen molar-refractivity contribution in [2.45, 2.75) is 25.5 Å². The molecule has 0 saturated carbocycles. The number of likely N-dealkylation sites (tertiary alicyclic amines) is 1. The summed E-state index contributed by atoms with van der Waals surface area (Å²) in [5.74, 6) is -1.44. The van der Waals surface area contributed by atoms with E-state index in [1.807, 2.05) is 13.0 Å². The molecule has 0 radical (unpaired) electrons. The van der Waals surface area contributed by atoms with Crippen LogP contribution in [-0.4, -0.2) is 33.1 Å². The lowest BCUT2D eigenvalue weighted by molar-refractivity contribution is 0.0704. The minimum atomic E-state index is -0.756. The molecule has 2 aromatic rings. The van der Waals surface area contributed by atoms with E-state index in [1.165, 1.54) is 4.90 Å². The summed E-state index contributed by atoms with van der Waals surface area (Å²) in [6.45, 7) is 1.98. The van der Waals surface area contributed by atoms with Crippen LogP contribution in [0, 0.1) is 18.6 Å². The Kier molecular flexibility index (Phi) is 3.93. The number of hydrogen-bond acceptors (Lipinski definition) is 2. The third kappa shape index (κ3) is 2.74.